The Morgan fingerprint density at radius 2 is 1.92 bits per heavy atom. The second kappa shape index (κ2) is 6.66. The lowest BCUT2D eigenvalue weighted by Gasteiger charge is -2.31. The third-order valence-corrected chi connectivity index (χ3v) is 4.80. The number of anilines is 1. The molecule has 0 aromatic heterocycles. The van der Waals surface area contributed by atoms with E-state index >= 15 is 0 Å². The number of hydrogen-bond donors (Lipinski definition) is 1. The van der Waals surface area contributed by atoms with E-state index in [4.69, 9.17) is 0 Å². The Hall–Kier alpha value is -2.70. The second-order valence-corrected chi connectivity index (χ2v) is 6.45. The first-order valence-corrected chi connectivity index (χ1v) is 8.47. The molecular weight excluding hydrogens is 322 g/mol. The number of imide groups is 1. The number of amides is 4. The zero-order chi connectivity index (χ0) is 18.1. The van der Waals surface area contributed by atoms with Crippen LogP contribution in [0, 0.1) is 5.92 Å². The molecule has 1 saturated heterocycles. The molecule has 1 atom stereocenters. The van der Waals surface area contributed by atoms with Crippen molar-refractivity contribution < 1.29 is 19.2 Å². The van der Waals surface area contributed by atoms with Crippen molar-refractivity contribution in [1.82, 2.24) is 9.80 Å². The van der Waals surface area contributed by atoms with Crippen molar-refractivity contribution in [2.45, 2.75) is 26.2 Å². The first-order valence-electron chi connectivity index (χ1n) is 8.47. The minimum absolute atomic E-state index is 0.0576. The summed E-state index contributed by atoms with van der Waals surface area (Å²) in [5, 5.41) is 2.81. The molecule has 2 aliphatic heterocycles. The summed E-state index contributed by atoms with van der Waals surface area (Å²) in [4.78, 5) is 51.1. The quantitative estimate of drug-likeness (QED) is 0.843. The van der Waals surface area contributed by atoms with Crippen molar-refractivity contribution >= 4 is 29.3 Å². The van der Waals surface area contributed by atoms with Gasteiger partial charge in [0.05, 0.1) is 17.0 Å². The van der Waals surface area contributed by atoms with E-state index in [-0.39, 0.29) is 29.5 Å². The summed E-state index contributed by atoms with van der Waals surface area (Å²) in [5.74, 6) is -1.08. The van der Waals surface area contributed by atoms with Gasteiger partial charge in [0.25, 0.3) is 11.8 Å². The van der Waals surface area contributed by atoms with E-state index in [1.165, 1.54) is 13.1 Å². The topological polar surface area (TPSA) is 86.8 Å². The lowest BCUT2D eigenvalue weighted by atomic mass is 9.96. The first-order chi connectivity index (χ1) is 11.9. The van der Waals surface area contributed by atoms with Crippen molar-refractivity contribution in [3.05, 3.63) is 29.3 Å². The molecular formula is C18H21N3O4. The number of nitrogens with zero attached hydrogens (tertiary/aromatic N) is 2. The fraction of sp³-hybridized carbons (Fsp3) is 0.444. The highest BCUT2D eigenvalue weighted by molar-refractivity contribution is 6.21. The van der Waals surface area contributed by atoms with E-state index in [0.29, 0.717) is 36.3 Å². The molecule has 0 saturated carbocycles. The molecule has 0 aliphatic carbocycles. The molecule has 0 bridgehead atoms. The Kier molecular flexibility index (Phi) is 4.57. The number of likely N-dealkylation sites (tertiary alicyclic amines) is 1. The van der Waals surface area contributed by atoms with E-state index in [1.54, 1.807) is 17.0 Å². The summed E-state index contributed by atoms with van der Waals surface area (Å²) >= 11 is 0. The number of fused-ring (bicyclic) bond motifs is 1. The highest BCUT2D eigenvalue weighted by Crippen LogP contribution is 2.26. The molecule has 7 nitrogen and oxygen atoms in total. The van der Waals surface area contributed by atoms with Gasteiger partial charge in [-0.1, -0.05) is 6.92 Å². The number of carbonyl (C=O) groups is 4. The van der Waals surface area contributed by atoms with E-state index in [9.17, 15) is 19.2 Å². The van der Waals surface area contributed by atoms with Crippen molar-refractivity contribution in [1.29, 1.82) is 0 Å². The largest absolute Gasteiger partial charge is 0.342 e. The molecule has 7 heteroatoms. The van der Waals surface area contributed by atoms with Crippen LogP contribution in [0.5, 0.6) is 0 Å². The second-order valence-electron chi connectivity index (χ2n) is 6.45. The minimum Gasteiger partial charge on any atom is -0.342 e. The molecule has 0 spiro atoms. The van der Waals surface area contributed by atoms with Gasteiger partial charge in [0.1, 0.15) is 0 Å². The maximum Gasteiger partial charge on any atom is 0.261 e. The highest BCUT2D eigenvalue weighted by Gasteiger charge is 2.33. The molecule has 3 rings (SSSR count). The fourth-order valence-electron chi connectivity index (χ4n) is 3.32. The van der Waals surface area contributed by atoms with Gasteiger partial charge >= 0.3 is 0 Å². The first kappa shape index (κ1) is 17.1. The molecule has 1 N–H and O–H groups in total. The number of rotatable bonds is 3. The van der Waals surface area contributed by atoms with Crippen LogP contribution in [0.2, 0.25) is 0 Å². The van der Waals surface area contributed by atoms with E-state index < -0.39 is 0 Å². The standard InChI is InChI=1S/C18H21N3O4/c1-3-15(22)21-8-4-5-11(10-21)16(23)19-12-6-7-13-14(9-12)18(25)20(2)17(13)24/h6-7,9,11H,3-5,8,10H2,1-2H3,(H,19,23). The van der Waals surface area contributed by atoms with E-state index in [1.807, 2.05) is 6.92 Å². The molecule has 2 aliphatic rings. The molecule has 1 aromatic carbocycles. The van der Waals surface area contributed by atoms with Gasteiger partial charge < -0.3 is 10.2 Å². The van der Waals surface area contributed by atoms with Gasteiger partial charge in [-0.2, -0.15) is 0 Å². The average molecular weight is 343 g/mol. The fourth-order valence-corrected chi connectivity index (χ4v) is 3.32. The average Bonchev–Trinajstić information content (AvgIpc) is 2.85. The van der Waals surface area contributed by atoms with Gasteiger partial charge in [-0.3, -0.25) is 24.1 Å². The number of carbonyl (C=O) groups excluding carboxylic acids is 4. The molecule has 2 heterocycles. The zero-order valence-electron chi connectivity index (χ0n) is 14.4. The minimum atomic E-state index is -0.367. The van der Waals surface area contributed by atoms with Crippen LogP contribution in [-0.4, -0.2) is 53.6 Å². The monoisotopic (exact) mass is 343 g/mol. The summed E-state index contributed by atoms with van der Waals surface area (Å²) < 4.78 is 0. The van der Waals surface area contributed by atoms with Crippen LogP contribution in [-0.2, 0) is 9.59 Å². The van der Waals surface area contributed by atoms with Gasteiger partial charge in [0.2, 0.25) is 11.8 Å². The summed E-state index contributed by atoms with van der Waals surface area (Å²) in [6.07, 6.45) is 1.96. The van der Waals surface area contributed by atoms with Gasteiger partial charge in [-0.15, -0.1) is 0 Å². The van der Waals surface area contributed by atoms with Crippen LogP contribution in [0.15, 0.2) is 18.2 Å². The van der Waals surface area contributed by atoms with Gasteiger partial charge in [0.15, 0.2) is 0 Å². The number of hydrogen-bond acceptors (Lipinski definition) is 4. The number of piperidine rings is 1. The highest BCUT2D eigenvalue weighted by atomic mass is 16.2. The molecule has 1 unspecified atom stereocenters. The van der Waals surface area contributed by atoms with Gasteiger partial charge in [-0.05, 0) is 31.0 Å². The molecule has 1 fully saturated rings. The van der Waals surface area contributed by atoms with Crippen LogP contribution < -0.4 is 5.32 Å². The Morgan fingerprint density at radius 3 is 2.64 bits per heavy atom. The van der Waals surface area contributed by atoms with Crippen molar-refractivity contribution in [2.24, 2.45) is 5.92 Å². The third-order valence-electron chi connectivity index (χ3n) is 4.80. The third kappa shape index (κ3) is 3.14. The summed E-state index contributed by atoms with van der Waals surface area (Å²) in [6, 6.07) is 4.72. The van der Waals surface area contributed by atoms with Crippen molar-refractivity contribution in [2.75, 3.05) is 25.5 Å². The van der Waals surface area contributed by atoms with E-state index in [0.717, 1.165) is 17.7 Å². The SMILES string of the molecule is CCC(=O)N1CCCC(C(=O)Nc2ccc3c(c2)C(=O)N(C)C3=O)C1. The van der Waals surface area contributed by atoms with Crippen LogP contribution in [0.1, 0.15) is 46.9 Å². The Bertz CT molecular complexity index is 759. The van der Waals surface area contributed by atoms with Gasteiger partial charge in [-0.25, -0.2) is 0 Å². The Labute approximate surface area is 146 Å². The Morgan fingerprint density at radius 1 is 1.20 bits per heavy atom. The van der Waals surface area contributed by atoms with Crippen LogP contribution in [0.3, 0.4) is 0 Å². The number of benzene rings is 1. The molecule has 0 radical (unpaired) electrons. The van der Waals surface area contributed by atoms with Crippen LogP contribution in [0.4, 0.5) is 5.69 Å². The maximum absolute atomic E-state index is 12.5. The smallest absolute Gasteiger partial charge is 0.261 e. The van der Waals surface area contributed by atoms with Crippen molar-refractivity contribution in [3.8, 4) is 0 Å². The van der Waals surface area contributed by atoms with E-state index in [2.05, 4.69) is 5.32 Å². The van der Waals surface area contributed by atoms with Gasteiger partial charge in [0, 0.05) is 32.2 Å². The summed E-state index contributed by atoms with van der Waals surface area (Å²) in [7, 11) is 1.43. The molecule has 1 aromatic rings. The normalized spacial score (nSPS) is 19.8. The zero-order valence-corrected chi connectivity index (χ0v) is 14.4. The van der Waals surface area contributed by atoms with Crippen LogP contribution in [0.25, 0.3) is 0 Å². The summed E-state index contributed by atoms with van der Waals surface area (Å²) in [6.45, 7) is 2.92. The molecule has 25 heavy (non-hydrogen) atoms. The maximum atomic E-state index is 12.5. The molecule has 4 amide bonds. The predicted molar refractivity (Wildman–Crippen MR) is 91.1 cm³/mol. The lowest BCUT2D eigenvalue weighted by molar-refractivity contribution is -0.134. The van der Waals surface area contributed by atoms with Crippen LogP contribution >= 0.6 is 0 Å². The number of nitrogens with one attached hydrogen (secondary N) is 1. The molecule has 132 valence electrons. The van der Waals surface area contributed by atoms with Crippen molar-refractivity contribution in [3.63, 3.8) is 0 Å². The Balaban J connectivity index is 1.71. The lowest BCUT2D eigenvalue weighted by Crippen LogP contribution is -2.43. The predicted octanol–water partition coefficient (Wildman–Crippen LogP) is 1.50. The summed E-state index contributed by atoms with van der Waals surface area (Å²) in [5.41, 5.74) is 1.14.